The molecule has 0 aliphatic heterocycles. The zero-order valence-corrected chi connectivity index (χ0v) is 10.8. The van der Waals surface area contributed by atoms with E-state index in [1.807, 2.05) is 0 Å². The van der Waals surface area contributed by atoms with E-state index in [1.165, 1.54) is 32.1 Å². The summed E-state index contributed by atoms with van der Waals surface area (Å²) < 4.78 is 0. The molecule has 3 heteroatoms. The summed E-state index contributed by atoms with van der Waals surface area (Å²) in [5.41, 5.74) is 0.728. The Kier molecular flexibility index (Phi) is 2.65. The highest BCUT2D eigenvalue weighted by Gasteiger charge is 2.62. The van der Waals surface area contributed by atoms with Crippen molar-refractivity contribution in [1.82, 2.24) is 5.01 Å². The van der Waals surface area contributed by atoms with Crippen LogP contribution in [0.5, 0.6) is 0 Å². The van der Waals surface area contributed by atoms with E-state index in [9.17, 15) is 0 Å². The summed E-state index contributed by atoms with van der Waals surface area (Å²) in [6.07, 6.45) is 7.13. The first-order chi connectivity index (χ1) is 6.96. The number of nitrogens with zero attached hydrogens (tertiary/aromatic N) is 1. The molecule has 0 saturated heterocycles. The fraction of sp³-hybridized carbons (Fsp3) is 1.00. The van der Waals surface area contributed by atoms with Gasteiger partial charge in [0.2, 0.25) is 0 Å². The molecule has 16 heavy (non-hydrogen) atoms. The van der Waals surface area contributed by atoms with Gasteiger partial charge in [0.05, 0.1) is 0 Å². The van der Waals surface area contributed by atoms with Crippen molar-refractivity contribution in [2.45, 2.75) is 51.5 Å². The number of nitrogens with two attached hydrogens (primary N) is 1. The first-order valence-corrected chi connectivity index (χ1v) is 6.44. The molecule has 2 unspecified atom stereocenters. The Bertz CT molecular complexity index is 274. The van der Waals surface area contributed by atoms with Crippen molar-refractivity contribution in [2.24, 2.45) is 29.0 Å². The summed E-state index contributed by atoms with van der Waals surface area (Å²) in [6, 6.07) is 0. The predicted molar refractivity (Wildman–Crippen MR) is 65.6 cm³/mol. The van der Waals surface area contributed by atoms with Crippen molar-refractivity contribution in [3.63, 3.8) is 0 Å². The molecule has 2 atom stereocenters. The summed E-state index contributed by atoms with van der Waals surface area (Å²) in [5, 5.41) is 2.07. The highest BCUT2D eigenvalue weighted by Crippen LogP contribution is 2.65. The van der Waals surface area contributed by atoms with Crippen LogP contribution in [0.2, 0.25) is 0 Å². The molecule has 4 aliphatic carbocycles. The van der Waals surface area contributed by atoms with Crippen molar-refractivity contribution in [2.75, 3.05) is 7.05 Å². The van der Waals surface area contributed by atoms with Crippen LogP contribution in [0.25, 0.3) is 0 Å². The molecule has 94 valence electrons. The molecule has 0 amide bonds. The molecule has 4 bridgehead atoms. The molecule has 4 rings (SSSR count). The Morgan fingerprint density at radius 2 is 1.56 bits per heavy atom. The molecular weight excluding hydrogens is 200 g/mol. The van der Waals surface area contributed by atoms with E-state index in [1.54, 1.807) is 0 Å². The standard InChI is InChI=1S/C13H24N2.H2O/c1-12(2)11-5-9-4-10(6-11)8-13(12,7-9)15(3)14;/h9-11H,4-8,14H2,1-3H3;1H2. The minimum absolute atomic E-state index is 0. The van der Waals surface area contributed by atoms with Crippen LogP contribution in [-0.2, 0) is 0 Å². The zero-order valence-electron chi connectivity index (χ0n) is 10.8. The predicted octanol–water partition coefficient (Wildman–Crippen LogP) is 1.57. The molecule has 0 spiro atoms. The number of hydrogen-bond acceptors (Lipinski definition) is 2. The molecule has 4 aliphatic rings. The average molecular weight is 226 g/mol. The lowest BCUT2D eigenvalue weighted by molar-refractivity contribution is -0.173. The SMILES string of the molecule is CN(N)C12CC3CC(CC(C3)C1(C)C)C2.O. The third-order valence-electron chi connectivity index (χ3n) is 6.05. The highest BCUT2D eigenvalue weighted by molar-refractivity contribution is 5.14. The summed E-state index contributed by atoms with van der Waals surface area (Å²) in [5.74, 6) is 9.07. The quantitative estimate of drug-likeness (QED) is 0.545. The van der Waals surface area contributed by atoms with Crippen molar-refractivity contribution in [3.8, 4) is 0 Å². The van der Waals surface area contributed by atoms with E-state index in [4.69, 9.17) is 5.84 Å². The fourth-order valence-electron chi connectivity index (χ4n) is 5.17. The first-order valence-electron chi connectivity index (χ1n) is 6.44. The second-order valence-electron chi connectivity index (χ2n) is 6.91. The fourth-order valence-corrected chi connectivity index (χ4v) is 5.17. The molecule has 0 aromatic heterocycles. The van der Waals surface area contributed by atoms with Gasteiger partial charge in [-0.25, -0.2) is 5.01 Å². The summed E-state index contributed by atoms with van der Waals surface area (Å²) in [7, 11) is 2.09. The van der Waals surface area contributed by atoms with Gasteiger partial charge in [-0.2, -0.15) is 0 Å². The Morgan fingerprint density at radius 3 is 2.00 bits per heavy atom. The molecule has 0 aromatic rings. The van der Waals surface area contributed by atoms with Gasteiger partial charge in [0.25, 0.3) is 0 Å². The van der Waals surface area contributed by atoms with Crippen LogP contribution in [0.3, 0.4) is 0 Å². The van der Waals surface area contributed by atoms with Gasteiger partial charge in [-0.1, -0.05) is 13.8 Å². The molecule has 0 radical (unpaired) electrons. The lowest BCUT2D eigenvalue weighted by atomic mass is 9.43. The summed E-state index contributed by atoms with van der Waals surface area (Å²) >= 11 is 0. The third kappa shape index (κ3) is 1.25. The Morgan fingerprint density at radius 1 is 1.06 bits per heavy atom. The van der Waals surface area contributed by atoms with Crippen LogP contribution in [0, 0.1) is 23.2 Å². The number of rotatable bonds is 1. The third-order valence-corrected chi connectivity index (χ3v) is 6.05. The van der Waals surface area contributed by atoms with Crippen LogP contribution in [0.15, 0.2) is 0 Å². The smallest absolute Gasteiger partial charge is 0.0407 e. The number of hydrogen-bond donors (Lipinski definition) is 1. The van der Waals surface area contributed by atoms with E-state index >= 15 is 0 Å². The molecule has 3 nitrogen and oxygen atoms in total. The zero-order chi connectivity index (χ0) is 10.8. The van der Waals surface area contributed by atoms with E-state index in [-0.39, 0.29) is 5.48 Å². The lowest BCUT2D eigenvalue weighted by Gasteiger charge is -2.67. The van der Waals surface area contributed by atoms with E-state index in [0.29, 0.717) is 11.0 Å². The Hall–Kier alpha value is -0.120. The van der Waals surface area contributed by atoms with Crippen LogP contribution in [0.4, 0.5) is 0 Å². The first kappa shape index (κ1) is 12.3. The number of hydrazine groups is 1. The lowest BCUT2D eigenvalue weighted by Crippen LogP contribution is -2.70. The van der Waals surface area contributed by atoms with E-state index in [2.05, 4.69) is 25.9 Å². The second-order valence-corrected chi connectivity index (χ2v) is 6.91. The van der Waals surface area contributed by atoms with Crippen molar-refractivity contribution < 1.29 is 5.48 Å². The molecule has 0 heterocycles. The van der Waals surface area contributed by atoms with Gasteiger partial charge in [0.1, 0.15) is 0 Å². The van der Waals surface area contributed by atoms with Gasteiger partial charge < -0.3 is 5.48 Å². The topological polar surface area (TPSA) is 60.8 Å². The van der Waals surface area contributed by atoms with Crippen LogP contribution in [0.1, 0.15) is 46.0 Å². The molecule has 4 saturated carbocycles. The van der Waals surface area contributed by atoms with Gasteiger partial charge >= 0.3 is 0 Å². The largest absolute Gasteiger partial charge is 0.412 e. The van der Waals surface area contributed by atoms with Gasteiger partial charge in [0.15, 0.2) is 0 Å². The maximum absolute atomic E-state index is 6.20. The Balaban J connectivity index is 0.000000963. The minimum atomic E-state index is 0. The van der Waals surface area contributed by atoms with E-state index < -0.39 is 0 Å². The monoisotopic (exact) mass is 226 g/mol. The maximum Gasteiger partial charge on any atom is 0.0407 e. The highest BCUT2D eigenvalue weighted by atomic mass is 16.0. The molecule has 4 N–H and O–H groups in total. The van der Waals surface area contributed by atoms with Gasteiger partial charge in [-0.3, -0.25) is 5.84 Å². The van der Waals surface area contributed by atoms with Crippen molar-refractivity contribution >= 4 is 0 Å². The summed E-state index contributed by atoms with van der Waals surface area (Å²) in [6.45, 7) is 4.91. The van der Waals surface area contributed by atoms with Crippen LogP contribution < -0.4 is 5.84 Å². The summed E-state index contributed by atoms with van der Waals surface area (Å²) in [4.78, 5) is 0. The maximum atomic E-state index is 6.20. The second kappa shape index (κ2) is 3.44. The molecular formula is C13H26N2O. The normalized spacial score (nSPS) is 48.2. The minimum Gasteiger partial charge on any atom is -0.412 e. The Labute approximate surface area is 98.7 Å². The molecule has 0 aromatic carbocycles. The van der Waals surface area contributed by atoms with Gasteiger partial charge in [-0.15, -0.1) is 0 Å². The van der Waals surface area contributed by atoms with Crippen molar-refractivity contribution in [1.29, 1.82) is 0 Å². The van der Waals surface area contributed by atoms with Gasteiger partial charge in [-0.05, 0) is 55.3 Å². The average Bonchev–Trinajstić information content (AvgIpc) is 2.13. The molecule has 4 fully saturated rings. The van der Waals surface area contributed by atoms with Gasteiger partial charge in [0, 0.05) is 12.6 Å². The van der Waals surface area contributed by atoms with Crippen LogP contribution >= 0.6 is 0 Å². The van der Waals surface area contributed by atoms with Crippen LogP contribution in [-0.4, -0.2) is 23.1 Å². The van der Waals surface area contributed by atoms with Crippen molar-refractivity contribution in [3.05, 3.63) is 0 Å². The van der Waals surface area contributed by atoms with E-state index in [0.717, 1.165) is 17.8 Å².